The molecule has 0 aliphatic rings. The number of halogens is 1. The van der Waals surface area contributed by atoms with Crippen molar-refractivity contribution in [2.45, 2.75) is 31.2 Å². The molecule has 140 valence electrons. The third-order valence-corrected chi connectivity index (χ3v) is 6.47. The number of hydrogen-bond acceptors (Lipinski definition) is 3. The molecular weight excluding hydrogens is 370 g/mol. The SMILES string of the molecule is CCC(C)N(CC=Cc1ccccc1OC)S(=O)(=O)c1ccc(Cl)cc1. The van der Waals surface area contributed by atoms with Gasteiger partial charge in [-0.2, -0.15) is 4.31 Å². The third-order valence-electron chi connectivity index (χ3n) is 4.22. The van der Waals surface area contributed by atoms with E-state index in [1.807, 2.05) is 50.3 Å². The van der Waals surface area contributed by atoms with Gasteiger partial charge in [0.2, 0.25) is 10.0 Å². The molecule has 0 bridgehead atoms. The van der Waals surface area contributed by atoms with Gasteiger partial charge < -0.3 is 4.74 Å². The zero-order valence-electron chi connectivity index (χ0n) is 15.2. The Labute approximate surface area is 161 Å². The van der Waals surface area contributed by atoms with Gasteiger partial charge in [-0.3, -0.25) is 0 Å². The quantitative estimate of drug-likeness (QED) is 0.643. The van der Waals surface area contributed by atoms with Crippen molar-refractivity contribution in [1.29, 1.82) is 0 Å². The molecule has 0 heterocycles. The van der Waals surface area contributed by atoms with Gasteiger partial charge in [0.05, 0.1) is 12.0 Å². The van der Waals surface area contributed by atoms with E-state index in [4.69, 9.17) is 16.3 Å². The summed E-state index contributed by atoms with van der Waals surface area (Å²) in [6.07, 6.45) is 4.44. The minimum Gasteiger partial charge on any atom is -0.496 e. The second-order valence-corrected chi connectivity index (χ2v) is 8.26. The summed E-state index contributed by atoms with van der Waals surface area (Å²) in [5, 5.41) is 0.509. The fourth-order valence-electron chi connectivity index (χ4n) is 2.55. The van der Waals surface area contributed by atoms with Crippen molar-refractivity contribution in [3.05, 3.63) is 65.2 Å². The molecule has 0 fully saturated rings. The lowest BCUT2D eigenvalue weighted by molar-refractivity contribution is 0.355. The topological polar surface area (TPSA) is 46.6 Å². The monoisotopic (exact) mass is 393 g/mol. The Hall–Kier alpha value is -1.82. The maximum Gasteiger partial charge on any atom is 0.243 e. The standard InChI is InChI=1S/C20H24ClNO3S/c1-4-16(2)22(26(23,24)19-13-11-18(21)12-14-19)15-7-9-17-8-5-6-10-20(17)25-3/h5-14,16H,4,15H2,1-3H3. The van der Waals surface area contributed by atoms with Gasteiger partial charge in [0, 0.05) is 23.2 Å². The third kappa shape index (κ3) is 4.87. The summed E-state index contributed by atoms with van der Waals surface area (Å²) in [5.41, 5.74) is 0.906. The first-order valence-electron chi connectivity index (χ1n) is 8.47. The summed E-state index contributed by atoms with van der Waals surface area (Å²) in [6, 6.07) is 13.7. The molecule has 1 unspecified atom stereocenters. The number of ether oxygens (including phenoxy) is 1. The maximum atomic E-state index is 13.0. The minimum atomic E-state index is -3.61. The summed E-state index contributed by atoms with van der Waals surface area (Å²) in [5.74, 6) is 0.749. The zero-order chi connectivity index (χ0) is 19.2. The fraction of sp³-hybridized carbons (Fsp3) is 0.300. The molecule has 2 aromatic carbocycles. The second-order valence-electron chi connectivity index (χ2n) is 5.93. The number of rotatable bonds is 8. The molecule has 2 aromatic rings. The van der Waals surface area contributed by atoms with Crippen molar-refractivity contribution in [2.75, 3.05) is 13.7 Å². The highest BCUT2D eigenvalue weighted by Crippen LogP contribution is 2.23. The predicted octanol–water partition coefficient (Wildman–Crippen LogP) is 4.85. The van der Waals surface area contributed by atoms with E-state index in [0.29, 0.717) is 5.02 Å². The van der Waals surface area contributed by atoms with Gasteiger partial charge in [-0.15, -0.1) is 0 Å². The average molecular weight is 394 g/mol. The summed E-state index contributed by atoms with van der Waals surface area (Å²) >= 11 is 5.88. The van der Waals surface area contributed by atoms with Crippen molar-refractivity contribution >= 4 is 27.7 Å². The Kier molecular flexibility index (Phi) is 7.26. The second kappa shape index (κ2) is 9.21. The van der Waals surface area contributed by atoms with Gasteiger partial charge in [-0.25, -0.2) is 8.42 Å². The van der Waals surface area contributed by atoms with Gasteiger partial charge in [-0.1, -0.05) is 48.9 Å². The largest absolute Gasteiger partial charge is 0.496 e. The van der Waals surface area contributed by atoms with E-state index < -0.39 is 10.0 Å². The van der Waals surface area contributed by atoms with E-state index in [-0.39, 0.29) is 17.5 Å². The van der Waals surface area contributed by atoms with Crippen LogP contribution in [0.2, 0.25) is 5.02 Å². The van der Waals surface area contributed by atoms with Crippen LogP contribution < -0.4 is 4.74 Å². The number of hydrogen-bond donors (Lipinski definition) is 0. The van der Waals surface area contributed by atoms with Gasteiger partial charge >= 0.3 is 0 Å². The molecule has 0 aliphatic carbocycles. The molecule has 4 nitrogen and oxygen atoms in total. The Bertz CT molecular complexity index is 848. The maximum absolute atomic E-state index is 13.0. The smallest absolute Gasteiger partial charge is 0.243 e. The molecule has 26 heavy (non-hydrogen) atoms. The summed E-state index contributed by atoms with van der Waals surface area (Å²) in [7, 11) is -1.99. The first-order valence-corrected chi connectivity index (χ1v) is 10.3. The highest BCUT2D eigenvalue weighted by atomic mass is 35.5. The van der Waals surface area contributed by atoms with E-state index >= 15 is 0 Å². The molecule has 0 radical (unpaired) electrons. The van der Waals surface area contributed by atoms with E-state index in [0.717, 1.165) is 17.7 Å². The van der Waals surface area contributed by atoms with E-state index in [1.54, 1.807) is 19.2 Å². The van der Waals surface area contributed by atoms with Crippen LogP contribution in [0.25, 0.3) is 6.08 Å². The van der Waals surface area contributed by atoms with E-state index in [2.05, 4.69) is 0 Å². The van der Waals surface area contributed by atoms with Crippen LogP contribution >= 0.6 is 11.6 Å². The van der Waals surface area contributed by atoms with Crippen molar-refractivity contribution in [3.63, 3.8) is 0 Å². The summed E-state index contributed by atoms with van der Waals surface area (Å²) in [4.78, 5) is 0.243. The molecule has 0 N–H and O–H groups in total. The van der Waals surface area contributed by atoms with Crippen LogP contribution in [0, 0.1) is 0 Å². The number of methoxy groups -OCH3 is 1. The summed E-state index contributed by atoms with van der Waals surface area (Å²) in [6.45, 7) is 4.15. The Morgan fingerprint density at radius 3 is 2.42 bits per heavy atom. The van der Waals surface area contributed by atoms with Crippen LogP contribution in [0.3, 0.4) is 0 Å². The first kappa shape index (κ1) is 20.5. The molecule has 0 amide bonds. The molecule has 0 saturated carbocycles. The lowest BCUT2D eigenvalue weighted by atomic mass is 10.2. The fourth-order valence-corrected chi connectivity index (χ4v) is 4.33. The molecule has 0 aromatic heterocycles. The molecule has 0 spiro atoms. The first-order chi connectivity index (χ1) is 12.4. The Morgan fingerprint density at radius 2 is 1.81 bits per heavy atom. The van der Waals surface area contributed by atoms with E-state index in [9.17, 15) is 8.42 Å². The van der Waals surface area contributed by atoms with Crippen molar-refractivity contribution in [1.82, 2.24) is 4.31 Å². The van der Waals surface area contributed by atoms with Gasteiger partial charge in [-0.05, 0) is 43.7 Å². The van der Waals surface area contributed by atoms with Crippen LogP contribution in [0.15, 0.2) is 59.5 Å². The lowest BCUT2D eigenvalue weighted by Gasteiger charge is -2.26. The summed E-state index contributed by atoms with van der Waals surface area (Å²) < 4.78 is 32.9. The van der Waals surface area contributed by atoms with Crippen LogP contribution in [-0.4, -0.2) is 32.4 Å². The normalized spacial score (nSPS) is 13.3. The molecule has 6 heteroatoms. The van der Waals surface area contributed by atoms with Gasteiger partial charge in [0.15, 0.2) is 0 Å². The van der Waals surface area contributed by atoms with Crippen LogP contribution in [0.5, 0.6) is 5.75 Å². The highest BCUT2D eigenvalue weighted by Gasteiger charge is 2.27. The van der Waals surface area contributed by atoms with Gasteiger partial charge in [0.1, 0.15) is 5.75 Å². The van der Waals surface area contributed by atoms with Gasteiger partial charge in [0.25, 0.3) is 0 Å². The molecule has 1 atom stereocenters. The molecule has 0 aliphatic heterocycles. The average Bonchev–Trinajstić information content (AvgIpc) is 2.65. The van der Waals surface area contributed by atoms with Crippen molar-refractivity contribution in [2.24, 2.45) is 0 Å². The predicted molar refractivity (Wildman–Crippen MR) is 107 cm³/mol. The molecular formula is C20H24ClNO3S. The number of benzene rings is 2. The Morgan fingerprint density at radius 1 is 1.15 bits per heavy atom. The molecule has 0 saturated heterocycles. The van der Waals surface area contributed by atoms with Crippen LogP contribution in [0.4, 0.5) is 0 Å². The van der Waals surface area contributed by atoms with E-state index in [1.165, 1.54) is 16.4 Å². The van der Waals surface area contributed by atoms with Crippen molar-refractivity contribution in [3.8, 4) is 5.75 Å². The van der Waals surface area contributed by atoms with Crippen LogP contribution in [-0.2, 0) is 10.0 Å². The zero-order valence-corrected chi connectivity index (χ0v) is 16.8. The number of nitrogens with zero attached hydrogens (tertiary/aromatic N) is 1. The van der Waals surface area contributed by atoms with Crippen LogP contribution in [0.1, 0.15) is 25.8 Å². The number of sulfonamides is 1. The minimum absolute atomic E-state index is 0.127. The number of para-hydroxylation sites is 1. The van der Waals surface area contributed by atoms with Crippen molar-refractivity contribution < 1.29 is 13.2 Å². The lowest BCUT2D eigenvalue weighted by Crippen LogP contribution is -2.38. The molecule has 2 rings (SSSR count). The highest BCUT2D eigenvalue weighted by molar-refractivity contribution is 7.89. The Balaban J connectivity index is 2.27.